The summed E-state index contributed by atoms with van der Waals surface area (Å²) in [5.41, 5.74) is 8.30. The van der Waals surface area contributed by atoms with Crippen molar-refractivity contribution in [1.29, 1.82) is 0 Å². The second kappa shape index (κ2) is 6.44. The summed E-state index contributed by atoms with van der Waals surface area (Å²) in [6, 6.07) is 13.8. The van der Waals surface area contributed by atoms with Crippen molar-refractivity contribution in [2.45, 2.75) is 26.3 Å². The molecule has 2 rings (SSSR count). The quantitative estimate of drug-likeness (QED) is 0.902. The Labute approximate surface area is 120 Å². The zero-order valence-corrected chi connectivity index (χ0v) is 12.2. The third-order valence-corrected chi connectivity index (χ3v) is 3.13. The van der Waals surface area contributed by atoms with Crippen LogP contribution >= 0.6 is 0 Å². The van der Waals surface area contributed by atoms with Crippen LogP contribution in [-0.2, 0) is 6.42 Å². The first-order chi connectivity index (χ1) is 9.58. The maximum absolute atomic E-state index is 5.85. The van der Waals surface area contributed by atoms with Crippen LogP contribution in [0.3, 0.4) is 0 Å². The van der Waals surface area contributed by atoms with Gasteiger partial charge in [-0.15, -0.1) is 0 Å². The molecule has 0 saturated heterocycles. The molecule has 0 aliphatic heterocycles. The summed E-state index contributed by atoms with van der Waals surface area (Å²) >= 11 is 0. The molecule has 0 bridgehead atoms. The summed E-state index contributed by atoms with van der Waals surface area (Å²) in [5, 5.41) is 0. The smallest absolute Gasteiger partial charge is 0.131 e. The molecule has 20 heavy (non-hydrogen) atoms. The highest BCUT2D eigenvalue weighted by atomic mass is 16.5. The number of hydrogen-bond donors (Lipinski definition) is 1. The van der Waals surface area contributed by atoms with E-state index in [1.54, 1.807) is 7.11 Å². The number of rotatable bonds is 5. The number of nitrogens with two attached hydrogens (primary N) is 1. The van der Waals surface area contributed by atoms with Gasteiger partial charge in [0.15, 0.2) is 0 Å². The van der Waals surface area contributed by atoms with E-state index in [1.165, 1.54) is 11.1 Å². The van der Waals surface area contributed by atoms with Gasteiger partial charge in [-0.3, -0.25) is 0 Å². The molecule has 2 N–H and O–H groups in total. The van der Waals surface area contributed by atoms with Crippen LogP contribution in [0.25, 0.3) is 0 Å². The van der Waals surface area contributed by atoms with Gasteiger partial charge in [0.2, 0.25) is 0 Å². The van der Waals surface area contributed by atoms with Crippen molar-refractivity contribution >= 4 is 0 Å². The van der Waals surface area contributed by atoms with Crippen molar-refractivity contribution in [2.75, 3.05) is 7.11 Å². The topological polar surface area (TPSA) is 44.5 Å². The first kappa shape index (κ1) is 14.4. The van der Waals surface area contributed by atoms with Crippen LogP contribution in [0.15, 0.2) is 42.5 Å². The molecular formula is C17H21NO2. The first-order valence-corrected chi connectivity index (χ1v) is 6.75. The molecular weight excluding hydrogens is 250 g/mol. The number of hydrogen-bond acceptors (Lipinski definition) is 3. The van der Waals surface area contributed by atoms with E-state index in [2.05, 4.69) is 13.0 Å². The second-order valence-corrected chi connectivity index (χ2v) is 5.05. The fourth-order valence-electron chi connectivity index (χ4n) is 2.11. The fraction of sp³-hybridized carbons (Fsp3) is 0.294. The van der Waals surface area contributed by atoms with Crippen LogP contribution in [0, 0.1) is 6.92 Å². The molecule has 0 aliphatic rings. The van der Waals surface area contributed by atoms with Crippen molar-refractivity contribution in [3.63, 3.8) is 0 Å². The number of benzene rings is 2. The van der Waals surface area contributed by atoms with Gasteiger partial charge < -0.3 is 15.2 Å². The molecule has 3 nitrogen and oxygen atoms in total. The van der Waals surface area contributed by atoms with Crippen LogP contribution in [0.4, 0.5) is 0 Å². The van der Waals surface area contributed by atoms with Crippen LogP contribution in [0.2, 0.25) is 0 Å². The molecule has 0 aliphatic carbocycles. The van der Waals surface area contributed by atoms with Crippen molar-refractivity contribution in [2.24, 2.45) is 5.73 Å². The van der Waals surface area contributed by atoms with E-state index in [4.69, 9.17) is 15.2 Å². The highest BCUT2D eigenvalue weighted by Gasteiger charge is 2.05. The average Bonchev–Trinajstić information content (AvgIpc) is 2.42. The lowest BCUT2D eigenvalue weighted by Gasteiger charge is -2.12. The molecule has 0 spiro atoms. The zero-order valence-electron chi connectivity index (χ0n) is 12.2. The molecule has 2 aromatic carbocycles. The van der Waals surface area contributed by atoms with Gasteiger partial charge in [0.1, 0.15) is 17.2 Å². The molecule has 2 aromatic rings. The molecule has 3 heteroatoms. The second-order valence-electron chi connectivity index (χ2n) is 5.05. The Morgan fingerprint density at radius 3 is 2.40 bits per heavy atom. The maximum atomic E-state index is 5.85. The molecule has 106 valence electrons. The fourth-order valence-corrected chi connectivity index (χ4v) is 2.11. The van der Waals surface area contributed by atoms with Crippen LogP contribution in [0.1, 0.15) is 18.1 Å². The Bertz CT molecular complexity index is 579. The molecule has 0 aromatic heterocycles. The van der Waals surface area contributed by atoms with E-state index < -0.39 is 0 Å². The van der Waals surface area contributed by atoms with E-state index in [9.17, 15) is 0 Å². The minimum absolute atomic E-state index is 0.166. The van der Waals surface area contributed by atoms with Crippen molar-refractivity contribution in [3.8, 4) is 17.2 Å². The molecule has 1 unspecified atom stereocenters. The Balaban J connectivity index is 2.15. The van der Waals surface area contributed by atoms with Crippen LogP contribution in [0.5, 0.6) is 17.2 Å². The molecule has 0 radical (unpaired) electrons. The van der Waals surface area contributed by atoms with Crippen LogP contribution in [-0.4, -0.2) is 13.2 Å². The van der Waals surface area contributed by atoms with E-state index in [-0.39, 0.29) is 6.04 Å². The van der Waals surface area contributed by atoms with E-state index in [0.29, 0.717) is 0 Å². The minimum atomic E-state index is 0.166. The van der Waals surface area contributed by atoms with Gasteiger partial charge in [0, 0.05) is 12.1 Å². The predicted octanol–water partition coefficient (Wildman–Crippen LogP) is 3.69. The predicted molar refractivity (Wildman–Crippen MR) is 81.6 cm³/mol. The van der Waals surface area contributed by atoms with E-state index in [1.807, 2.05) is 43.3 Å². The summed E-state index contributed by atoms with van der Waals surface area (Å²) < 4.78 is 11.0. The van der Waals surface area contributed by atoms with Crippen LogP contribution < -0.4 is 15.2 Å². The lowest BCUT2D eigenvalue weighted by molar-refractivity contribution is 0.409. The molecule has 0 heterocycles. The SMILES string of the molecule is COc1cccc(Oc2ccc(CC(C)N)c(C)c2)c1. The Kier molecular flexibility index (Phi) is 4.64. The van der Waals surface area contributed by atoms with Gasteiger partial charge in [-0.05, 0) is 55.7 Å². The average molecular weight is 271 g/mol. The third kappa shape index (κ3) is 3.75. The van der Waals surface area contributed by atoms with Gasteiger partial charge >= 0.3 is 0 Å². The summed E-state index contributed by atoms with van der Waals surface area (Å²) in [5.74, 6) is 2.38. The summed E-state index contributed by atoms with van der Waals surface area (Å²) in [6.07, 6.45) is 0.880. The summed E-state index contributed by atoms with van der Waals surface area (Å²) in [4.78, 5) is 0. The highest BCUT2D eigenvalue weighted by molar-refractivity contribution is 5.40. The van der Waals surface area contributed by atoms with Gasteiger partial charge in [0.25, 0.3) is 0 Å². The third-order valence-electron chi connectivity index (χ3n) is 3.13. The number of aryl methyl sites for hydroxylation is 1. The van der Waals surface area contributed by atoms with Gasteiger partial charge in [0.05, 0.1) is 7.11 Å². The standard InChI is InChI=1S/C17H21NO2/c1-12-9-17(8-7-14(12)10-13(2)18)20-16-6-4-5-15(11-16)19-3/h4-9,11,13H,10,18H2,1-3H3. The Hall–Kier alpha value is -2.00. The van der Waals surface area contributed by atoms with Gasteiger partial charge in [-0.25, -0.2) is 0 Å². The van der Waals surface area contributed by atoms with E-state index in [0.717, 1.165) is 23.7 Å². The normalized spacial score (nSPS) is 12.0. The van der Waals surface area contributed by atoms with Crippen molar-refractivity contribution < 1.29 is 9.47 Å². The lowest BCUT2D eigenvalue weighted by atomic mass is 10.0. The molecule has 0 amide bonds. The first-order valence-electron chi connectivity index (χ1n) is 6.75. The Morgan fingerprint density at radius 2 is 1.75 bits per heavy atom. The molecule has 0 saturated carbocycles. The number of ether oxygens (including phenoxy) is 2. The number of methoxy groups -OCH3 is 1. The minimum Gasteiger partial charge on any atom is -0.497 e. The lowest BCUT2D eigenvalue weighted by Crippen LogP contribution is -2.18. The zero-order chi connectivity index (χ0) is 14.5. The largest absolute Gasteiger partial charge is 0.497 e. The maximum Gasteiger partial charge on any atom is 0.131 e. The van der Waals surface area contributed by atoms with Gasteiger partial charge in [-0.1, -0.05) is 12.1 Å². The highest BCUT2D eigenvalue weighted by Crippen LogP contribution is 2.26. The Morgan fingerprint density at radius 1 is 1.05 bits per heavy atom. The summed E-state index contributed by atoms with van der Waals surface area (Å²) in [6.45, 7) is 4.09. The van der Waals surface area contributed by atoms with E-state index >= 15 is 0 Å². The van der Waals surface area contributed by atoms with Crippen molar-refractivity contribution in [3.05, 3.63) is 53.6 Å². The molecule has 0 fully saturated rings. The summed E-state index contributed by atoms with van der Waals surface area (Å²) in [7, 11) is 1.64. The van der Waals surface area contributed by atoms with Gasteiger partial charge in [-0.2, -0.15) is 0 Å². The molecule has 1 atom stereocenters. The monoisotopic (exact) mass is 271 g/mol. The van der Waals surface area contributed by atoms with Crippen molar-refractivity contribution in [1.82, 2.24) is 0 Å².